The van der Waals surface area contributed by atoms with Gasteiger partial charge in [0.2, 0.25) is 11.1 Å². The molecule has 0 aliphatic carbocycles. The second-order valence-corrected chi connectivity index (χ2v) is 13.0. The third-order valence-corrected chi connectivity index (χ3v) is 7.62. The molecule has 2 heterocycles. The number of amides is 3. The fourth-order valence-corrected chi connectivity index (χ4v) is 5.32. The van der Waals surface area contributed by atoms with Gasteiger partial charge in [-0.2, -0.15) is 0 Å². The summed E-state index contributed by atoms with van der Waals surface area (Å²) in [6.07, 6.45) is 1.37. The zero-order valence-electron chi connectivity index (χ0n) is 26.0. The lowest BCUT2D eigenvalue weighted by molar-refractivity contribution is -0.140. The monoisotopic (exact) mass is 629 g/mol. The number of ether oxygens (including phenoxy) is 1. The smallest absolute Gasteiger partial charge is 0.417 e. The van der Waals surface area contributed by atoms with Crippen molar-refractivity contribution in [1.82, 2.24) is 40.4 Å². The molecule has 0 spiro atoms. The van der Waals surface area contributed by atoms with Crippen LogP contribution in [0.25, 0.3) is 0 Å². The molecule has 0 aliphatic heterocycles. The predicted molar refractivity (Wildman–Crippen MR) is 164 cm³/mol. The quantitative estimate of drug-likeness (QED) is 0.190. The number of imidazole rings is 1. The van der Waals surface area contributed by atoms with Crippen molar-refractivity contribution >= 4 is 29.7 Å². The molecule has 0 saturated heterocycles. The van der Waals surface area contributed by atoms with Gasteiger partial charge in [0.25, 0.3) is 5.91 Å². The van der Waals surface area contributed by atoms with E-state index >= 15 is 0 Å². The van der Waals surface area contributed by atoms with E-state index in [2.05, 4.69) is 30.8 Å². The third kappa shape index (κ3) is 10.4. The number of nitrogens with one attached hydrogen (secondary N) is 2. The molecule has 2 aromatic heterocycles. The topological polar surface area (TPSA) is 194 Å². The van der Waals surface area contributed by atoms with Crippen molar-refractivity contribution in [3.63, 3.8) is 0 Å². The van der Waals surface area contributed by atoms with Crippen LogP contribution in [0.5, 0.6) is 0 Å². The van der Waals surface area contributed by atoms with Crippen LogP contribution < -0.4 is 11.1 Å². The summed E-state index contributed by atoms with van der Waals surface area (Å²) in [5.74, 6) is -1.25. The average Bonchev–Trinajstić information content (AvgIpc) is 3.61. The van der Waals surface area contributed by atoms with Crippen LogP contribution in [0.3, 0.4) is 0 Å². The van der Waals surface area contributed by atoms with Crippen LogP contribution >= 0.6 is 11.8 Å². The largest absolute Gasteiger partial charge is 0.443 e. The Morgan fingerprint density at radius 1 is 1.18 bits per heavy atom. The number of aryl methyl sites for hydroxylation is 1. The summed E-state index contributed by atoms with van der Waals surface area (Å²) in [6, 6.07) is 6.10. The van der Waals surface area contributed by atoms with Gasteiger partial charge in [0, 0.05) is 31.1 Å². The van der Waals surface area contributed by atoms with Gasteiger partial charge in [-0.3, -0.25) is 9.59 Å². The molecule has 3 aromatic rings. The first-order chi connectivity index (χ1) is 20.7. The maximum Gasteiger partial charge on any atom is 0.417 e. The van der Waals surface area contributed by atoms with Gasteiger partial charge in [0.1, 0.15) is 11.6 Å². The molecule has 14 nitrogen and oxygen atoms in total. The van der Waals surface area contributed by atoms with Crippen LogP contribution in [0.1, 0.15) is 52.3 Å². The van der Waals surface area contributed by atoms with Gasteiger partial charge >= 0.3 is 6.09 Å². The predicted octanol–water partition coefficient (Wildman–Crippen LogP) is 1.86. The highest BCUT2D eigenvalue weighted by Gasteiger charge is 2.41. The van der Waals surface area contributed by atoms with E-state index in [1.807, 2.05) is 44.2 Å². The number of benzene rings is 1. The molecular weight excluding hydrogens is 586 g/mol. The number of carbonyl (C=O) groups excluding carboxylic acids is 3. The Morgan fingerprint density at radius 3 is 2.45 bits per heavy atom. The van der Waals surface area contributed by atoms with Crippen molar-refractivity contribution < 1.29 is 24.2 Å². The number of nitrogens with zero attached hydrogens (tertiary/aromatic N) is 6. The van der Waals surface area contributed by atoms with E-state index in [1.54, 1.807) is 27.8 Å². The van der Waals surface area contributed by atoms with Crippen LogP contribution in [0.2, 0.25) is 0 Å². The number of rotatable bonds is 14. The number of aromatic nitrogens is 6. The molecule has 1 aromatic carbocycles. The highest BCUT2D eigenvalue weighted by atomic mass is 32.2. The summed E-state index contributed by atoms with van der Waals surface area (Å²) in [5.41, 5.74) is 6.72. The van der Waals surface area contributed by atoms with Gasteiger partial charge in [-0.05, 0) is 55.5 Å². The van der Waals surface area contributed by atoms with E-state index < -0.39 is 47.7 Å². The molecule has 44 heavy (non-hydrogen) atoms. The van der Waals surface area contributed by atoms with Gasteiger partial charge in [0.05, 0.1) is 24.5 Å². The Bertz CT molecular complexity index is 1340. The Kier molecular flexibility index (Phi) is 12.4. The van der Waals surface area contributed by atoms with Gasteiger partial charge in [-0.1, -0.05) is 55.9 Å². The Hall–Kier alpha value is -3.82. The average molecular weight is 630 g/mol. The number of hydrogen-bond acceptors (Lipinski definition) is 11. The molecule has 1 unspecified atom stereocenters. The van der Waals surface area contributed by atoms with Crippen molar-refractivity contribution in [3.8, 4) is 0 Å². The number of H-pyrrole nitrogens is 1. The molecule has 0 saturated carbocycles. The van der Waals surface area contributed by atoms with Crippen molar-refractivity contribution in [2.75, 3.05) is 5.75 Å². The van der Waals surface area contributed by atoms with E-state index in [0.717, 1.165) is 10.5 Å². The minimum atomic E-state index is -1.23. The van der Waals surface area contributed by atoms with Gasteiger partial charge < -0.3 is 25.9 Å². The molecule has 0 fully saturated rings. The Morgan fingerprint density at radius 2 is 1.89 bits per heavy atom. The minimum absolute atomic E-state index is 0.00815. The van der Waals surface area contributed by atoms with Crippen molar-refractivity contribution in [1.29, 1.82) is 0 Å². The SMILES string of the molecule is CC(C)C[C@@H](C(O)CSc1nnnn1C)N(C(=O)OC(C)(C)C)C(=O)[C@H](Cc1cnc[nH]1)NC(=O)[C@@H](N)Cc1ccccc1. The highest BCUT2D eigenvalue weighted by molar-refractivity contribution is 7.99. The van der Waals surface area contributed by atoms with Gasteiger partial charge in [0.15, 0.2) is 0 Å². The van der Waals surface area contributed by atoms with E-state index in [9.17, 15) is 19.5 Å². The lowest BCUT2D eigenvalue weighted by Gasteiger charge is -2.37. The maximum atomic E-state index is 14.4. The van der Waals surface area contributed by atoms with Crippen molar-refractivity contribution in [3.05, 3.63) is 54.1 Å². The molecule has 0 radical (unpaired) electrons. The first-order valence-corrected chi connectivity index (χ1v) is 15.4. The minimum Gasteiger partial charge on any atom is -0.443 e. The number of nitrogens with two attached hydrogens (primary N) is 1. The zero-order valence-corrected chi connectivity index (χ0v) is 26.8. The molecule has 15 heteroatoms. The molecule has 3 amide bonds. The summed E-state index contributed by atoms with van der Waals surface area (Å²) in [4.78, 5) is 49.4. The van der Waals surface area contributed by atoms with Crippen LogP contribution in [-0.2, 0) is 34.2 Å². The number of hydrogen-bond donors (Lipinski definition) is 4. The zero-order chi connectivity index (χ0) is 32.4. The first kappa shape index (κ1) is 34.7. The van der Waals surface area contributed by atoms with E-state index in [4.69, 9.17) is 10.5 Å². The second kappa shape index (κ2) is 15.8. The lowest BCUT2D eigenvalue weighted by atomic mass is 9.97. The number of tetrazole rings is 1. The number of aromatic amines is 1. The number of aliphatic hydroxyl groups excluding tert-OH is 1. The summed E-state index contributed by atoms with van der Waals surface area (Å²) in [6.45, 7) is 8.90. The summed E-state index contributed by atoms with van der Waals surface area (Å²) in [7, 11) is 1.67. The number of carbonyl (C=O) groups is 3. The first-order valence-electron chi connectivity index (χ1n) is 14.4. The van der Waals surface area contributed by atoms with Gasteiger partial charge in [-0.15, -0.1) is 5.10 Å². The van der Waals surface area contributed by atoms with Crippen molar-refractivity contribution in [2.45, 2.75) is 88.9 Å². The summed E-state index contributed by atoms with van der Waals surface area (Å²) >= 11 is 1.19. The van der Waals surface area contributed by atoms with Crippen LogP contribution in [0, 0.1) is 5.92 Å². The summed E-state index contributed by atoms with van der Waals surface area (Å²) in [5, 5.41) is 26.0. The number of imide groups is 1. The maximum absolute atomic E-state index is 14.4. The molecule has 3 rings (SSSR count). The Labute approximate surface area is 261 Å². The van der Waals surface area contributed by atoms with E-state index in [-0.39, 0.29) is 30.9 Å². The highest BCUT2D eigenvalue weighted by Crippen LogP contribution is 2.25. The summed E-state index contributed by atoms with van der Waals surface area (Å²) < 4.78 is 7.13. The van der Waals surface area contributed by atoms with Crippen LogP contribution in [0.4, 0.5) is 4.79 Å². The lowest BCUT2D eigenvalue weighted by Crippen LogP contribution is -2.60. The number of thioether (sulfide) groups is 1. The molecule has 0 bridgehead atoms. The Balaban J connectivity index is 1.95. The molecule has 4 atom stereocenters. The van der Waals surface area contributed by atoms with Crippen molar-refractivity contribution in [2.24, 2.45) is 18.7 Å². The molecular formula is C29H43N9O5S. The van der Waals surface area contributed by atoms with Crippen LogP contribution in [0.15, 0.2) is 48.0 Å². The molecule has 0 aliphatic rings. The number of aliphatic hydroxyl groups is 1. The standard InChI is InChI=1S/C29H43N9O5S/c1-18(2)12-23(24(39)16-44-27-34-35-36-37(27)6)38(28(42)43-29(3,4)5)26(41)22(14-20-15-31-17-32-20)33-25(40)21(30)13-19-10-8-7-9-11-19/h7-11,15,17-18,21-24,39H,12-14,16,30H2,1-6H3,(H,31,32)(H,33,40)/t21-,22-,23-,24?/m0/s1. The molecule has 240 valence electrons. The molecule has 5 N–H and O–H groups in total. The van der Waals surface area contributed by atoms with E-state index in [1.165, 1.54) is 29.0 Å². The normalized spacial score (nSPS) is 14.5. The second-order valence-electron chi connectivity index (χ2n) is 12.0. The van der Waals surface area contributed by atoms with Gasteiger partial charge in [-0.25, -0.2) is 19.4 Å². The van der Waals surface area contributed by atoms with E-state index in [0.29, 0.717) is 10.9 Å². The van der Waals surface area contributed by atoms with Crippen LogP contribution in [-0.4, -0.2) is 93.7 Å². The fourth-order valence-electron chi connectivity index (χ4n) is 4.46. The fraction of sp³-hybridized carbons (Fsp3) is 0.552. The third-order valence-electron chi connectivity index (χ3n) is 6.51.